The molecule has 3 rings (SSSR count). The lowest BCUT2D eigenvalue weighted by Gasteiger charge is -2.09. The largest absolute Gasteiger partial charge is 0.508 e. The van der Waals surface area contributed by atoms with Gasteiger partial charge in [-0.05, 0) is 54.1 Å². The Labute approximate surface area is 182 Å². The molecule has 9 heteroatoms. The van der Waals surface area contributed by atoms with Gasteiger partial charge in [-0.25, -0.2) is 0 Å². The Balaban J connectivity index is 1.74. The molecular weight excluding hydrogens is 422 g/mol. The number of benzene rings is 2. The van der Waals surface area contributed by atoms with Crippen molar-refractivity contribution in [3.8, 4) is 16.9 Å². The van der Waals surface area contributed by atoms with Crippen molar-refractivity contribution >= 4 is 35.1 Å². The second-order valence-electron chi connectivity index (χ2n) is 6.56. The molecule has 0 atom stereocenters. The molecule has 0 saturated carbocycles. The van der Waals surface area contributed by atoms with Gasteiger partial charge >= 0.3 is 5.97 Å². The predicted octanol–water partition coefficient (Wildman–Crippen LogP) is 3.56. The molecule has 0 spiro atoms. The molecule has 2 aromatic carbocycles. The lowest BCUT2D eigenvalue weighted by atomic mass is 10.0. The molecule has 3 aromatic rings. The summed E-state index contributed by atoms with van der Waals surface area (Å²) >= 11 is 6.19. The zero-order chi connectivity index (χ0) is 22.4. The minimum atomic E-state index is -1.00. The number of amides is 2. The van der Waals surface area contributed by atoms with Crippen molar-refractivity contribution in [3.05, 3.63) is 77.1 Å². The summed E-state index contributed by atoms with van der Waals surface area (Å²) in [5, 5.41) is 23.5. The van der Waals surface area contributed by atoms with Crippen LogP contribution >= 0.6 is 11.6 Å². The maximum Gasteiger partial charge on any atom is 0.305 e. The second-order valence-corrected chi connectivity index (χ2v) is 7.00. The third-order valence-electron chi connectivity index (χ3n) is 4.24. The van der Waals surface area contributed by atoms with Crippen LogP contribution in [0.4, 0.5) is 5.69 Å². The number of carboxylic acids is 1. The quantitative estimate of drug-likeness (QED) is 0.416. The van der Waals surface area contributed by atoms with Gasteiger partial charge in [0.1, 0.15) is 11.4 Å². The van der Waals surface area contributed by atoms with Crippen molar-refractivity contribution in [1.29, 1.82) is 0 Å². The number of hydrogen-bond donors (Lipinski definition) is 4. The fourth-order valence-corrected chi connectivity index (χ4v) is 2.94. The van der Waals surface area contributed by atoms with Gasteiger partial charge in [-0.3, -0.25) is 19.4 Å². The molecular formula is C22H18ClN3O5. The van der Waals surface area contributed by atoms with E-state index in [2.05, 4.69) is 15.6 Å². The highest BCUT2D eigenvalue weighted by Gasteiger charge is 2.12. The van der Waals surface area contributed by atoms with Crippen LogP contribution in [-0.4, -0.2) is 39.5 Å². The number of carbonyl (C=O) groups is 3. The minimum Gasteiger partial charge on any atom is -0.508 e. The predicted molar refractivity (Wildman–Crippen MR) is 115 cm³/mol. The van der Waals surface area contributed by atoms with Gasteiger partial charge in [0, 0.05) is 34.6 Å². The molecule has 31 heavy (non-hydrogen) atoms. The van der Waals surface area contributed by atoms with Crippen molar-refractivity contribution in [2.45, 2.75) is 6.42 Å². The normalized spacial score (nSPS) is 10.4. The summed E-state index contributed by atoms with van der Waals surface area (Å²) in [5.41, 5.74) is 2.26. The van der Waals surface area contributed by atoms with Gasteiger partial charge < -0.3 is 20.8 Å². The zero-order valence-corrected chi connectivity index (χ0v) is 16.9. The highest BCUT2D eigenvalue weighted by molar-refractivity contribution is 6.31. The van der Waals surface area contributed by atoms with E-state index in [1.54, 1.807) is 30.3 Å². The summed E-state index contributed by atoms with van der Waals surface area (Å²) < 4.78 is 0. The number of phenols is 1. The van der Waals surface area contributed by atoms with E-state index in [-0.39, 0.29) is 30.3 Å². The molecule has 0 radical (unpaired) electrons. The number of nitrogens with zero attached hydrogens (tertiary/aromatic N) is 1. The summed E-state index contributed by atoms with van der Waals surface area (Å²) in [4.78, 5) is 39.2. The van der Waals surface area contributed by atoms with E-state index in [9.17, 15) is 19.5 Å². The highest BCUT2D eigenvalue weighted by Crippen LogP contribution is 2.25. The van der Waals surface area contributed by atoms with Crippen LogP contribution in [-0.2, 0) is 4.79 Å². The number of aliphatic carboxylic acids is 1. The SMILES string of the molecule is O=C(O)CCNC(=O)c1ccc(-c2cc(Cl)cc(C(=O)Nc3ccc(O)cc3)c2)cn1. The number of anilines is 1. The number of aromatic hydroxyl groups is 1. The summed E-state index contributed by atoms with van der Waals surface area (Å²) in [6.45, 7) is 0.00535. The van der Waals surface area contributed by atoms with Crippen molar-refractivity contribution in [3.63, 3.8) is 0 Å². The van der Waals surface area contributed by atoms with Crippen molar-refractivity contribution in [2.75, 3.05) is 11.9 Å². The molecule has 0 aliphatic rings. The summed E-state index contributed by atoms with van der Waals surface area (Å²) in [5.74, 6) is -1.77. The van der Waals surface area contributed by atoms with Crippen molar-refractivity contribution < 1.29 is 24.6 Å². The average Bonchev–Trinajstić information content (AvgIpc) is 2.74. The third kappa shape index (κ3) is 6.03. The van der Waals surface area contributed by atoms with Crippen LogP contribution in [0.3, 0.4) is 0 Å². The Bertz CT molecular complexity index is 1110. The second kappa shape index (κ2) is 9.73. The average molecular weight is 440 g/mol. The Kier molecular flexibility index (Phi) is 6.84. The van der Waals surface area contributed by atoms with Crippen LogP contribution in [0.15, 0.2) is 60.8 Å². The van der Waals surface area contributed by atoms with Gasteiger partial charge in [-0.15, -0.1) is 0 Å². The van der Waals surface area contributed by atoms with E-state index in [4.69, 9.17) is 16.7 Å². The van der Waals surface area contributed by atoms with Crippen LogP contribution in [0.1, 0.15) is 27.3 Å². The first-order chi connectivity index (χ1) is 14.8. The number of aromatic nitrogens is 1. The van der Waals surface area contributed by atoms with E-state index in [0.29, 0.717) is 27.4 Å². The van der Waals surface area contributed by atoms with Crippen LogP contribution < -0.4 is 10.6 Å². The molecule has 1 heterocycles. The van der Waals surface area contributed by atoms with Gasteiger partial charge in [0.05, 0.1) is 6.42 Å². The van der Waals surface area contributed by atoms with Crippen LogP contribution in [0.2, 0.25) is 5.02 Å². The van der Waals surface area contributed by atoms with E-state index in [1.807, 2.05) is 0 Å². The van der Waals surface area contributed by atoms with Crippen molar-refractivity contribution in [2.24, 2.45) is 0 Å². The van der Waals surface area contributed by atoms with Gasteiger partial charge in [-0.1, -0.05) is 17.7 Å². The number of nitrogens with one attached hydrogen (secondary N) is 2. The molecule has 0 bridgehead atoms. The number of hydrogen-bond acceptors (Lipinski definition) is 5. The van der Waals surface area contributed by atoms with Gasteiger partial charge in [0.15, 0.2) is 0 Å². The van der Waals surface area contributed by atoms with Crippen LogP contribution in [0.25, 0.3) is 11.1 Å². The lowest BCUT2D eigenvalue weighted by Crippen LogP contribution is -2.26. The van der Waals surface area contributed by atoms with Gasteiger partial charge in [0.2, 0.25) is 0 Å². The monoisotopic (exact) mass is 439 g/mol. The molecule has 1 aromatic heterocycles. The molecule has 0 aliphatic heterocycles. The third-order valence-corrected chi connectivity index (χ3v) is 4.46. The number of carbonyl (C=O) groups excluding carboxylic acids is 2. The Morgan fingerprint density at radius 1 is 0.935 bits per heavy atom. The van der Waals surface area contributed by atoms with E-state index >= 15 is 0 Å². The fourth-order valence-electron chi connectivity index (χ4n) is 2.71. The maximum absolute atomic E-state index is 12.6. The summed E-state index contributed by atoms with van der Waals surface area (Å²) in [6.07, 6.45) is 1.29. The number of rotatable bonds is 7. The van der Waals surface area contributed by atoms with E-state index in [0.717, 1.165) is 0 Å². The standard InChI is InChI=1S/C22H18ClN3O5/c23-16-10-14(9-15(11-16)21(30)26-17-2-4-18(27)5-3-17)13-1-6-19(25-12-13)22(31)24-8-7-20(28)29/h1-6,9-12,27H,7-8H2,(H,24,31)(H,26,30)(H,28,29). The first-order valence-electron chi connectivity index (χ1n) is 9.19. The Hall–Kier alpha value is -3.91. The fraction of sp³-hybridized carbons (Fsp3) is 0.0909. The molecule has 8 nitrogen and oxygen atoms in total. The molecule has 0 saturated heterocycles. The van der Waals surface area contributed by atoms with Gasteiger partial charge in [0.25, 0.3) is 11.8 Å². The van der Waals surface area contributed by atoms with E-state index < -0.39 is 11.9 Å². The summed E-state index contributed by atoms with van der Waals surface area (Å²) in [6, 6.07) is 14.1. The maximum atomic E-state index is 12.6. The molecule has 2 amide bonds. The lowest BCUT2D eigenvalue weighted by molar-refractivity contribution is -0.136. The first kappa shape index (κ1) is 21.8. The minimum absolute atomic E-state index is 0.00535. The smallest absolute Gasteiger partial charge is 0.305 e. The Morgan fingerprint density at radius 3 is 2.32 bits per heavy atom. The number of halogens is 1. The van der Waals surface area contributed by atoms with Gasteiger partial charge in [-0.2, -0.15) is 0 Å². The number of pyridine rings is 1. The zero-order valence-electron chi connectivity index (χ0n) is 16.1. The molecule has 158 valence electrons. The molecule has 4 N–H and O–H groups in total. The Morgan fingerprint density at radius 2 is 1.68 bits per heavy atom. The number of phenolic OH excluding ortho intramolecular Hbond substituents is 1. The first-order valence-corrected chi connectivity index (χ1v) is 9.57. The van der Waals surface area contributed by atoms with Crippen LogP contribution in [0.5, 0.6) is 5.75 Å². The van der Waals surface area contributed by atoms with E-state index in [1.165, 1.54) is 30.5 Å². The molecule has 0 unspecified atom stereocenters. The molecule has 0 fully saturated rings. The number of carboxylic acid groups (broad SMARTS) is 1. The topological polar surface area (TPSA) is 129 Å². The van der Waals surface area contributed by atoms with Crippen molar-refractivity contribution in [1.82, 2.24) is 10.3 Å². The summed E-state index contributed by atoms with van der Waals surface area (Å²) in [7, 11) is 0. The highest BCUT2D eigenvalue weighted by atomic mass is 35.5. The molecule has 0 aliphatic carbocycles. The van der Waals surface area contributed by atoms with Crippen LogP contribution in [0, 0.1) is 0 Å².